The molecule has 0 bridgehead atoms. The maximum absolute atomic E-state index is 13.0. The first-order chi connectivity index (χ1) is 13.5. The average Bonchev–Trinajstić information content (AvgIpc) is 3.33. The number of aromatic nitrogens is 2. The second-order valence-electron chi connectivity index (χ2n) is 7.09. The fourth-order valence-corrected chi connectivity index (χ4v) is 3.23. The number of methoxy groups -OCH3 is 1. The molecule has 1 amide bonds. The van der Waals surface area contributed by atoms with Gasteiger partial charge in [-0.1, -0.05) is 20.8 Å². The van der Waals surface area contributed by atoms with E-state index in [0.717, 1.165) is 35.0 Å². The maximum Gasteiger partial charge on any atom is 0.255 e. The number of hydrogen-bond donors (Lipinski definition) is 1. The van der Waals surface area contributed by atoms with Gasteiger partial charge >= 0.3 is 0 Å². The molecule has 148 valence electrons. The van der Waals surface area contributed by atoms with Crippen LogP contribution in [0.15, 0.2) is 47.1 Å². The Morgan fingerprint density at radius 3 is 2.57 bits per heavy atom. The van der Waals surface area contributed by atoms with Gasteiger partial charge in [0.25, 0.3) is 5.91 Å². The number of benzene rings is 1. The van der Waals surface area contributed by atoms with Gasteiger partial charge in [-0.05, 0) is 55.2 Å². The van der Waals surface area contributed by atoms with Crippen molar-refractivity contribution >= 4 is 5.91 Å². The van der Waals surface area contributed by atoms with E-state index in [1.165, 1.54) is 0 Å². The molecule has 0 saturated carbocycles. The summed E-state index contributed by atoms with van der Waals surface area (Å²) in [6.45, 7) is 6.65. The van der Waals surface area contributed by atoms with E-state index in [1.807, 2.05) is 48.0 Å². The fraction of sp³-hybridized carbons (Fsp3) is 0.364. The summed E-state index contributed by atoms with van der Waals surface area (Å²) >= 11 is 0. The minimum atomic E-state index is -0.122. The molecule has 0 aliphatic rings. The quantitative estimate of drug-likeness (QED) is 0.636. The zero-order chi connectivity index (χ0) is 20.1. The van der Waals surface area contributed by atoms with Crippen LogP contribution in [0.4, 0.5) is 0 Å². The van der Waals surface area contributed by atoms with E-state index < -0.39 is 0 Å². The molecule has 0 atom stereocenters. The van der Waals surface area contributed by atoms with Crippen LogP contribution in [0, 0.1) is 5.92 Å². The molecule has 0 radical (unpaired) electrons. The van der Waals surface area contributed by atoms with Gasteiger partial charge < -0.3 is 14.5 Å². The third-order valence-corrected chi connectivity index (χ3v) is 4.54. The lowest BCUT2D eigenvalue weighted by molar-refractivity contribution is 0.0946. The minimum Gasteiger partial charge on any atom is -0.497 e. The van der Waals surface area contributed by atoms with Crippen LogP contribution in [0.25, 0.3) is 5.69 Å². The molecule has 1 N–H and O–H groups in total. The van der Waals surface area contributed by atoms with Crippen LogP contribution in [0.2, 0.25) is 0 Å². The molecule has 2 aromatic heterocycles. The maximum atomic E-state index is 13.0. The summed E-state index contributed by atoms with van der Waals surface area (Å²) in [6, 6.07) is 11.4. The van der Waals surface area contributed by atoms with Crippen LogP contribution in [-0.2, 0) is 19.4 Å². The average molecular weight is 381 g/mol. The molecule has 6 nitrogen and oxygen atoms in total. The molecule has 28 heavy (non-hydrogen) atoms. The monoisotopic (exact) mass is 381 g/mol. The third kappa shape index (κ3) is 4.27. The van der Waals surface area contributed by atoms with E-state index in [4.69, 9.17) is 14.3 Å². The summed E-state index contributed by atoms with van der Waals surface area (Å²) in [5.41, 5.74) is 3.30. The first-order valence-corrected chi connectivity index (χ1v) is 9.59. The minimum absolute atomic E-state index is 0.122. The molecular weight excluding hydrogens is 354 g/mol. The smallest absolute Gasteiger partial charge is 0.255 e. The zero-order valence-corrected chi connectivity index (χ0v) is 16.9. The predicted molar refractivity (Wildman–Crippen MR) is 108 cm³/mol. The lowest BCUT2D eigenvalue weighted by Crippen LogP contribution is -2.25. The molecule has 0 unspecified atom stereocenters. The fourth-order valence-electron chi connectivity index (χ4n) is 3.23. The molecule has 1 aromatic carbocycles. The van der Waals surface area contributed by atoms with Gasteiger partial charge in [0.05, 0.1) is 42.6 Å². The van der Waals surface area contributed by atoms with Crippen molar-refractivity contribution in [2.45, 2.75) is 40.2 Å². The molecule has 0 spiro atoms. The number of nitrogens with one attached hydrogen (secondary N) is 1. The highest BCUT2D eigenvalue weighted by atomic mass is 16.5. The van der Waals surface area contributed by atoms with E-state index >= 15 is 0 Å². The van der Waals surface area contributed by atoms with Gasteiger partial charge in [0, 0.05) is 0 Å². The largest absolute Gasteiger partial charge is 0.497 e. The van der Waals surface area contributed by atoms with Crippen molar-refractivity contribution < 1.29 is 13.9 Å². The van der Waals surface area contributed by atoms with E-state index in [1.54, 1.807) is 13.4 Å². The van der Waals surface area contributed by atoms with E-state index in [0.29, 0.717) is 24.4 Å². The second-order valence-corrected chi connectivity index (χ2v) is 7.09. The Balaban J connectivity index is 1.97. The van der Waals surface area contributed by atoms with Gasteiger partial charge in [-0.25, -0.2) is 4.68 Å². The lowest BCUT2D eigenvalue weighted by Gasteiger charge is -2.09. The van der Waals surface area contributed by atoms with Crippen molar-refractivity contribution in [3.63, 3.8) is 0 Å². The molecule has 6 heteroatoms. The van der Waals surface area contributed by atoms with Gasteiger partial charge in [-0.3, -0.25) is 4.79 Å². The predicted octanol–water partition coefficient (Wildman–Crippen LogP) is 4.16. The Kier molecular flexibility index (Phi) is 6.19. The summed E-state index contributed by atoms with van der Waals surface area (Å²) in [5.74, 6) is 1.77. The van der Waals surface area contributed by atoms with Crippen molar-refractivity contribution in [1.29, 1.82) is 0 Å². The highest BCUT2D eigenvalue weighted by Crippen LogP contribution is 2.24. The van der Waals surface area contributed by atoms with Crippen molar-refractivity contribution in [3.05, 3.63) is 65.4 Å². The first-order valence-electron chi connectivity index (χ1n) is 9.59. The number of amides is 1. The Bertz CT molecular complexity index is 909. The molecule has 0 aliphatic carbocycles. The Hall–Kier alpha value is -3.02. The highest BCUT2D eigenvalue weighted by molar-refractivity contribution is 5.96. The molecule has 0 saturated heterocycles. The number of nitrogens with zero attached hydrogens (tertiary/aromatic N) is 2. The lowest BCUT2D eigenvalue weighted by atomic mass is 10.0. The molecule has 2 heterocycles. The van der Waals surface area contributed by atoms with Gasteiger partial charge in [-0.15, -0.1) is 0 Å². The topological polar surface area (TPSA) is 69.3 Å². The van der Waals surface area contributed by atoms with Crippen molar-refractivity contribution in [1.82, 2.24) is 15.1 Å². The van der Waals surface area contributed by atoms with Crippen molar-refractivity contribution in [2.24, 2.45) is 5.92 Å². The summed E-state index contributed by atoms with van der Waals surface area (Å²) in [5, 5.41) is 7.77. The van der Waals surface area contributed by atoms with Gasteiger partial charge in [0.2, 0.25) is 0 Å². The Morgan fingerprint density at radius 2 is 2.00 bits per heavy atom. The van der Waals surface area contributed by atoms with Crippen LogP contribution in [0.1, 0.15) is 48.3 Å². The van der Waals surface area contributed by atoms with E-state index in [2.05, 4.69) is 19.2 Å². The van der Waals surface area contributed by atoms with Crippen molar-refractivity contribution in [2.75, 3.05) is 7.11 Å². The number of carbonyl (C=O) groups is 1. The summed E-state index contributed by atoms with van der Waals surface area (Å²) in [4.78, 5) is 13.0. The number of carbonyl (C=O) groups excluding carboxylic acids is 1. The SMILES string of the molecule is CCc1c(C(=O)NCc2ccco2)c(CC(C)C)nn1-c1ccc(OC)cc1. The number of hydrogen-bond acceptors (Lipinski definition) is 4. The molecule has 0 aliphatic heterocycles. The van der Waals surface area contributed by atoms with Crippen LogP contribution in [0.3, 0.4) is 0 Å². The molecule has 3 rings (SSSR count). The molecular formula is C22H27N3O3. The van der Waals surface area contributed by atoms with Gasteiger partial charge in [0.15, 0.2) is 0 Å². The Labute approximate surface area is 165 Å². The second kappa shape index (κ2) is 8.78. The normalized spacial score (nSPS) is 11.0. The summed E-state index contributed by atoms with van der Waals surface area (Å²) in [7, 11) is 1.64. The zero-order valence-electron chi connectivity index (χ0n) is 16.9. The summed E-state index contributed by atoms with van der Waals surface area (Å²) in [6.07, 6.45) is 3.03. The van der Waals surface area contributed by atoms with Gasteiger partial charge in [-0.2, -0.15) is 5.10 Å². The first kappa shape index (κ1) is 19.7. The van der Waals surface area contributed by atoms with Crippen LogP contribution < -0.4 is 10.1 Å². The number of ether oxygens (including phenoxy) is 1. The summed E-state index contributed by atoms with van der Waals surface area (Å²) < 4.78 is 12.4. The van der Waals surface area contributed by atoms with Crippen molar-refractivity contribution in [3.8, 4) is 11.4 Å². The Morgan fingerprint density at radius 1 is 1.25 bits per heavy atom. The highest BCUT2D eigenvalue weighted by Gasteiger charge is 2.24. The van der Waals surface area contributed by atoms with Gasteiger partial charge in [0.1, 0.15) is 11.5 Å². The van der Waals surface area contributed by atoms with Crippen LogP contribution in [0.5, 0.6) is 5.75 Å². The van der Waals surface area contributed by atoms with E-state index in [-0.39, 0.29) is 5.91 Å². The number of rotatable bonds is 8. The van der Waals surface area contributed by atoms with E-state index in [9.17, 15) is 4.79 Å². The molecule has 0 fully saturated rings. The standard InChI is InChI=1S/C22H27N3O3/c1-5-20-21(22(26)23-14-18-7-6-12-28-18)19(13-15(2)3)24-25(20)16-8-10-17(27-4)11-9-16/h6-12,15H,5,13-14H2,1-4H3,(H,23,26). The van der Waals surface area contributed by atoms with Crippen LogP contribution >= 0.6 is 0 Å². The number of furan rings is 1. The third-order valence-electron chi connectivity index (χ3n) is 4.54. The van der Waals surface area contributed by atoms with Crippen LogP contribution in [-0.4, -0.2) is 22.8 Å². The molecule has 3 aromatic rings.